The Bertz CT molecular complexity index is 1640. The minimum Gasteiger partial charge on any atom is -0.374 e. The van der Waals surface area contributed by atoms with Gasteiger partial charge in [-0.1, -0.05) is 13.8 Å². The lowest BCUT2D eigenvalue weighted by molar-refractivity contribution is -0.138. The van der Waals surface area contributed by atoms with E-state index in [1.165, 1.54) is 12.4 Å². The summed E-state index contributed by atoms with van der Waals surface area (Å²) in [5, 5.41) is 0. The fourth-order valence-electron chi connectivity index (χ4n) is 5.61. The van der Waals surface area contributed by atoms with Crippen molar-refractivity contribution in [2.45, 2.75) is 39.1 Å². The summed E-state index contributed by atoms with van der Waals surface area (Å²) >= 11 is 0. The fraction of sp³-hybridized carbons (Fsp3) is 0.467. The molecule has 2 aliphatic heterocycles. The lowest BCUT2D eigenvalue weighted by Gasteiger charge is -2.40. The van der Waals surface area contributed by atoms with Crippen LogP contribution in [0.3, 0.4) is 0 Å². The second-order valence-corrected chi connectivity index (χ2v) is 11.7. The van der Waals surface area contributed by atoms with E-state index in [0.717, 1.165) is 6.07 Å². The molecule has 2 atom stereocenters. The number of hydrogen-bond acceptors (Lipinski definition) is 8. The molecule has 2 aliphatic rings. The Morgan fingerprint density at radius 3 is 2.36 bits per heavy atom. The summed E-state index contributed by atoms with van der Waals surface area (Å²) in [6.07, 6.45) is -2.08. The Kier molecular flexibility index (Phi) is 8.86. The molecule has 1 aromatic carbocycles. The van der Waals surface area contributed by atoms with Crippen LogP contribution in [0.15, 0.2) is 35.5 Å². The summed E-state index contributed by atoms with van der Waals surface area (Å²) in [7, 11) is 1.89. The Hall–Kier alpha value is -4.11. The van der Waals surface area contributed by atoms with Gasteiger partial charge in [-0.3, -0.25) is 14.2 Å². The number of nitrogens with zero attached hydrogens (tertiary/aromatic N) is 6. The highest BCUT2D eigenvalue weighted by atomic mass is 19.4. The first-order valence-corrected chi connectivity index (χ1v) is 14.5. The topological polar surface area (TPSA) is 110 Å². The number of primary amides is 1. The van der Waals surface area contributed by atoms with Crippen LogP contribution in [0.4, 0.5) is 33.6 Å². The molecule has 3 aromatic rings. The number of alkyl halides is 3. The lowest BCUT2D eigenvalue weighted by atomic mass is 10.0. The molecule has 2 N–H and O–H groups in total. The highest BCUT2D eigenvalue weighted by Crippen LogP contribution is 2.38. The highest BCUT2D eigenvalue weighted by Gasteiger charge is 2.37. The van der Waals surface area contributed by atoms with Gasteiger partial charge in [-0.25, -0.2) is 18.7 Å². The van der Waals surface area contributed by atoms with Gasteiger partial charge in [0.2, 0.25) is 5.95 Å². The highest BCUT2D eigenvalue weighted by molar-refractivity contribution is 5.94. The maximum atomic E-state index is 16.7. The van der Waals surface area contributed by atoms with E-state index in [9.17, 15) is 22.8 Å². The zero-order valence-electron chi connectivity index (χ0n) is 25.2. The first-order valence-electron chi connectivity index (χ1n) is 14.5. The molecule has 10 nitrogen and oxygen atoms in total. The monoisotopic (exact) mass is 635 g/mol. The molecule has 15 heteroatoms. The van der Waals surface area contributed by atoms with Crippen molar-refractivity contribution in [2.75, 3.05) is 56.2 Å². The molecule has 242 valence electrons. The molecule has 4 heterocycles. The van der Waals surface area contributed by atoms with Crippen molar-refractivity contribution in [1.82, 2.24) is 19.4 Å². The third kappa shape index (κ3) is 6.36. The van der Waals surface area contributed by atoms with Crippen LogP contribution in [-0.4, -0.2) is 83.9 Å². The zero-order chi connectivity index (χ0) is 32.8. The predicted octanol–water partition coefficient (Wildman–Crippen LogP) is 3.69. The van der Waals surface area contributed by atoms with Gasteiger partial charge >= 0.3 is 6.18 Å². The maximum Gasteiger partial charge on any atom is 0.417 e. The van der Waals surface area contributed by atoms with Gasteiger partial charge in [0.1, 0.15) is 11.5 Å². The van der Waals surface area contributed by atoms with E-state index in [1.807, 2.05) is 37.6 Å². The van der Waals surface area contributed by atoms with Crippen LogP contribution in [0.25, 0.3) is 16.8 Å². The van der Waals surface area contributed by atoms with Gasteiger partial charge in [0.05, 0.1) is 35.1 Å². The maximum absolute atomic E-state index is 16.7. The number of halogens is 5. The standard InChI is InChI=1S/C30H34F5N7O3/c1-16(2)23-15-41(7-8-45-23)29-37-11-18(12-38-29)25-21(31)10-22(40-6-5-39(4)17(3)13-40)27(26(25)32)42-14-19(28(36)44)20(9-24(42)43)30(33,34)35/h9-12,14,16-17,23H,5-8,13,15H2,1-4H3,(H2,36,44). The summed E-state index contributed by atoms with van der Waals surface area (Å²) in [4.78, 5) is 39.5. The van der Waals surface area contributed by atoms with Gasteiger partial charge in [0.25, 0.3) is 11.5 Å². The van der Waals surface area contributed by atoms with Crippen molar-refractivity contribution in [2.24, 2.45) is 11.7 Å². The summed E-state index contributed by atoms with van der Waals surface area (Å²) in [6.45, 7) is 8.58. The van der Waals surface area contributed by atoms with Crippen molar-refractivity contribution in [3.8, 4) is 16.8 Å². The quantitative estimate of drug-likeness (QED) is 0.409. The number of amides is 1. The number of benzene rings is 1. The number of ether oxygens (including phenoxy) is 1. The second-order valence-electron chi connectivity index (χ2n) is 11.7. The van der Waals surface area contributed by atoms with Crippen molar-refractivity contribution in [3.05, 3.63) is 63.8 Å². The smallest absolute Gasteiger partial charge is 0.374 e. The van der Waals surface area contributed by atoms with E-state index in [4.69, 9.17) is 10.5 Å². The van der Waals surface area contributed by atoms with E-state index in [0.29, 0.717) is 56.0 Å². The lowest BCUT2D eigenvalue weighted by Crippen LogP contribution is -2.50. The number of hydrogen-bond donors (Lipinski definition) is 1. The molecule has 2 unspecified atom stereocenters. The van der Waals surface area contributed by atoms with Crippen molar-refractivity contribution in [3.63, 3.8) is 0 Å². The van der Waals surface area contributed by atoms with Gasteiger partial charge in [-0.2, -0.15) is 13.2 Å². The molecule has 2 aromatic heterocycles. The first-order chi connectivity index (χ1) is 21.2. The summed E-state index contributed by atoms with van der Waals surface area (Å²) in [5.74, 6) is -3.12. The van der Waals surface area contributed by atoms with Gasteiger partial charge in [0, 0.05) is 75.1 Å². The summed E-state index contributed by atoms with van der Waals surface area (Å²) in [6, 6.07) is 1.16. The average molecular weight is 636 g/mol. The van der Waals surface area contributed by atoms with Crippen LogP contribution in [0.2, 0.25) is 0 Å². The van der Waals surface area contributed by atoms with Crippen LogP contribution in [0.1, 0.15) is 36.7 Å². The predicted molar refractivity (Wildman–Crippen MR) is 158 cm³/mol. The van der Waals surface area contributed by atoms with Crippen molar-refractivity contribution >= 4 is 17.5 Å². The van der Waals surface area contributed by atoms with Crippen LogP contribution in [0, 0.1) is 17.6 Å². The summed E-state index contributed by atoms with van der Waals surface area (Å²) < 4.78 is 80.0. The number of nitrogens with two attached hydrogens (primary N) is 1. The molecule has 2 fully saturated rings. The molecule has 0 radical (unpaired) electrons. The van der Waals surface area contributed by atoms with Crippen LogP contribution >= 0.6 is 0 Å². The van der Waals surface area contributed by atoms with Gasteiger partial charge in [-0.05, 0) is 19.9 Å². The molecule has 0 spiro atoms. The molecule has 0 aliphatic carbocycles. The van der Waals surface area contributed by atoms with Gasteiger partial charge in [0.15, 0.2) is 5.82 Å². The average Bonchev–Trinajstić information content (AvgIpc) is 2.98. The number of aromatic nitrogens is 3. The fourth-order valence-corrected chi connectivity index (χ4v) is 5.61. The zero-order valence-corrected chi connectivity index (χ0v) is 25.2. The molecule has 1 amide bonds. The third-order valence-electron chi connectivity index (χ3n) is 8.38. The van der Waals surface area contributed by atoms with Crippen molar-refractivity contribution < 1.29 is 31.5 Å². The Morgan fingerprint density at radius 2 is 1.76 bits per heavy atom. The summed E-state index contributed by atoms with van der Waals surface area (Å²) in [5.41, 5.74) is 0.130. The number of piperazine rings is 1. The van der Waals surface area contributed by atoms with E-state index >= 15 is 8.78 Å². The molecule has 5 rings (SSSR count). The minimum absolute atomic E-state index is 0.0448. The number of morpholine rings is 1. The number of carbonyl (C=O) groups is 1. The largest absolute Gasteiger partial charge is 0.417 e. The SMILES string of the molecule is CC(C)C1CN(c2ncc(-c3c(F)cc(N4CCN(C)C(C)C4)c(-n4cc(C(N)=O)c(C(F)(F)F)cc4=O)c3F)cn2)CCO1. The number of anilines is 2. The number of carbonyl (C=O) groups excluding carboxylic acids is 1. The van der Waals surface area contributed by atoms with E-state index in [2.05, 4.69) is 9.97 Å². The van der Waals surface area contributed by atoms with Gasteiger partial charge < -0.3 is 25.2 Å². The second kappa shape index (κ2) is 12.4. The van der Waals surface area contributed by atoms with E-state index in [1.54, 1.807) is 4.90 Å². The first kappa shape index (κ1) is 32.3. The molecule has 0 bridgehead atoms. The van der Waals surface area contributed by atoms with E-state index < -0.39 is 51.7 Å². The number of likely N-dealkylation sites (N-methyl/N-ethyl adjacent to an activating group) is 1. The Morgan fingerprint density at radius 1 is 1.07 bits per heavy atom. The molecular formula is C30H34F5N7O3. The van der Waals surface area contributed by atoms with Crippen LogP contribution in [-0.2, 0) is 10.9 Å². The number of pyridine rings is 1. The normalized spacial score (nSPS) is 19.8. The molecule has 45 heavy (non-hydrogen) atoms. The van der Waals surface area contributed by atoms with E-state index in [-0.39, 0.29) is 35.4 Å². The Balaban J connectivity index is 1.66. The number of rotatable bonds is 6. The van der Waals surface area contributed by atoms with Crippen LogP contribution < -0.4 is 21.1 Å². The van der Waals surface area contributed by atoms with Crippen molar-refractivity contribution in [1.29, 1.82) is 0 Å². The molecule has 0 saturated carbocycles. The van der Waals surface area contributed by atoms with Crippen LogP contribution in [0.5, 0.6) is 0 Å². The molecular weight excluding hydrogens is 601 g/mol. The molecule has 2 saturated heterocycles. The minimum atomic E-state index is -5.08. The third-order valence-corrected chi connectivity index (χ3v) is 8.38. The van der Waals surface area contributed by atoms with Gasteiger partial charge in [-0.15, -0.1) is 0 Å². The Labute approximate surface area is 256 Å².